The van der Waals surface area contributed by atoms with E-state index >= 15 is 0 Å². The molecule has 0 aliphatic heterocycles. The van der Waals surface area contributed by atoms with Crippen LogP contribution in [-0.4, -0.2) is 23.7 Å². The molecule has 82 valence electrons. The van der Waals surface area contributed by atoms with Crippen LogP contribution in [0.1, 0.15) is 12.5 Å². The molecule has 0 aliphatic rings. The summed E-state index contributed by atoms with van der Waals surface area (Å²) in [5.41, 5.74) is 6.51. The van der Waals surface area contributed by atoms with Gasteiger partial charge in [-0.3, -0.25) is 4.79 Å². The molecule has 0 fully saturated rings. The molecule has 0 amide bonds. The minimum absolute atomic E-state index is 0.0131. The fourth-order valence-corrected chi connectivity index (χ4v) is 1.08. The van der Waals surface area contributed by atoms with E-state index in [0.29, 0.717) is 5.75 Å². The summed E-state index contributed by atoms with van der Waals surface area (Å²) in [6.07, 6.45) is 0.967. The zero-order valence-corrected chi connectivity index (χ0v) is 8.64. The molecule has 1 aromatic rings. The second-order valence-electron chi connectivity index (χ2n) is 3.25. The Hall–Kier alpha value is -1.55. The van der Waals surface area contributed by atoms with Crippen molar-refractivity contribution >= 4 is 5.97 Å². The number of aryl methyl sites for hydroxylation is 1. The van der Waals surface area contributed by atoms with Crippen molar-refractivity contribution in [2.75, 3.05) is 6.61 Å². The van der Waals surface area contributed by atoms with E-state index in [4.69, 9.17) is 15.6 Å². The van der Waals surface area contributed by atoms with Crippen LogP contribution < -0.4 is 10.5 Å². The van der Waals surface area contributed by atoms with Gasteiger partial charge in [-0.2, -0.15) is 0 Å². The molecular formula is C11H15NO3. The van der Waals surface area contributed by atoms with E-state index in [1.807, 2.05) is 24.3 Å². The van der Waals surface area contributed by atoms with Crippen LogP contribution in [0.25, 0.3) is 0 Å². The molecular weight excluding hydrogens is 194 g/mol. The monoisotopic (exact) mass is 209 g/mol. The van der Waals surface area contributed by atoms with Gasteiger partial charge in [-0.1, -0.05) is 19.1 Å². The third kappa shape index (κ3) is 3.59. The number of rotatable bonds is 5. The number of carboxylic acid groups (broad SMARTS) is 1. The molecule has 3 N–H and O–H groups in total. The smallest absolute Gasteiger partial charge is 0.324 e. The van der Waals surface area contributed by atoms with E-state index in [2.05, 4.69) is 6.92 Å². The summed E-state index contributed by atoms with van der Waals surface area (Å²) in [5.74, 6) is -0.413. The topological polar surface area (TPSA) is 72.5 Å². The minimum atomic E-state index is -1.06. The van der Waals surface area contributed by atoms with Crippen LogP contribution in [0, 0.1) is 0 Å². The Morgan fingerprint density at radius 3 is 2.53 bits per heavy atom. The number of ether oxygens (including phenoxy) is 1. The van der Waals surface area contributed by atoms with Crippen molar-refractivity contribution in [3.63, 3.8) is 0 Å². The van der Waals surface area contributed by atoms with Gasteiger partial charge in [-0.05, 0) is 24.1 Å². The largest absolute Gasteiger partial charge is 0.491 e. The summed E-state index contributed by atoms with van der Waals surface area (Å²) in [6.45, 7) is 2.05. The molecule has 0 aromatic heterocycles. The lowest BCUT2D eigenvalue weighted by Crippen LogP contribution is -2.36. The first-order valence-electron chi connectivity index (χ1n) is 4.83. The van der Waals surface area contributed by atoms with Gasteiger partial charge >= 0.3 is 5.97 Å². The predicted octanol–water partition coefficient (Wildman–Crippen LogP) is 1.04. The number of hydrogen-bond acceptors (Lipinski definition) is 3. The summed E-state index contributed by atoms with van der Waals surface area (Å²) in [5, 5.41) is 8.54. The Bertz CT molecular complexity index is 321. The molecule has 4 nitrogen and oxygen atoms in total. The van der Waals surface area contributed by atoms with E-state index in [9.17, 15) is 4.79 Å². The van der Waals surface area contributed by atoms with Crippen LogP contribution in [0.3, 0.4) is 0 Å². The summed E-state index contributed by atoms with van der Waals surface area (Å²) < 4.78 is 5.22. The van der Waals surface area contributed by atoms with Gasteiger partial charge in [0, 0.05) is 0 Å². The highest BCUT2D eigenvalue weighted by atomic mass is 16.5. The average molecular weight is 209 g/mol. The van der Waals surface area contributed by atoms with Crippen LogP contribution in [0.5, 0.6) is 5.75 Å². The Kier molecular flexibility index (Phi) is 4.12. The molecule has 0 aliphatic carbocycles. The summed E-state index contributed by atoms with van der Waals surface area (Å²) >= 11 is 0. The number of aliphatic carboxylic acids is 1. The zero-order chi connectivity index (χ0) is 11.3. The molecule has 1 aromatic carbocycles. The maximum atomic E-state index is 10.4. The summed E-state index contributed by atoms with van der Waals surface area (Å²) in [4.78, 5) is 10.4. The van der Waals surface area contributed by atoms with Gasteiger partial charge < -0.3 is 15.6 Å². The Morgan fingerprint density at radius 2 is 2.07 bits per heavy atom. The van der Waals surface area contributed by atoms with Crippen LogP contribution in [0.4, 0.5) is 0 Å². The van der Waals surface area contributed by atoms with Crippen LogP contribution in [-0.2, 0) is 11.2 Å². The third-order valence-corrected chi connectivity index (χ3v) is 2.08. The van der Waals surface area contributed by atoms with Crippen LogP contribution in [0.2, 0.25) is 0 Å². The van der Waals surface area contributed by atoms with E-state index in [1.54, 1.807) is 0 Å². The Labute approximate surface area is 88.7 Å². The fraction of sp³-hybridized carbons (Fsp3) is 0.364. The molecule has 0 unspecified atom stereocenters. The van der Waals surface area contributed by atoms with Gasteiger partial charge in [0.05, 0.1) is 0 Å². The quantitative estimate of drug-likeness (QED) is 0.760. The molecule has 1 rings (SSSR count). The van der Waals surface area contributed by atoms with Gasteiger partial charge in [-0.25, -0.2) is 0 Å². The van der Waals surface area contributed by atoms with E-state index in [-0.39, 0.29) is 6.61 Å². The summed E-state index contributed by atoms with van der Waals surface area (Å²) in [6, 6.07) is 6.54. The second kappa shape index (κ2) is 5.36. The average Bonchev–Trinajstić information content (AvgIpc) is 2.26. The van der Waals surface area contributed by atoms with Crippen molar-refractivity contribution in [3.8, 4) is 5.75 Å². The first-order chi connectivity index (χ1) is 7.13. The first-order valence-corrected chi connectivity index (χ1v) is 4.83. The van der Waals surface area contributed by atoms with E-state index in [0.717, 1.165) is 6.42 Å². The van der Waals surface area contributed by atoms with Crippen molar-refractivity contribution in [2.24, 2.45) is 5.73 Å². The normalized spacial score (nSPS) is 12.1. The highest BCUT2D eigenvalue weighted by molar-refractivity contribution is 5.73. The first kappa shape index (κ1) is 11.5. The minimum Gasteiger partial charge on any atom is -0.491 e. The number of benzene rings is 1. The molecule has 1 atom stereocenters. The van der Waals surface area contributed by atoms with Crippen molar-refractivity contribution < 1.29 is 14.6 Å². The second-order valence-corrected chi connectivity index (χ2v) is 3.25. The molecule has 0 bridgehead atoms. The van der Waals surface area contributed by atoms with Crippen molar-refractivity contribution in [1.29, 1.82) is 0 Å². The van der Waals surface area contributed by atoms with Gasteiger partial charge in [0.2, 0.25) is 0 Å². The van der Waals surface area contributed by atoms with Gasteiger partial charge in [0.1, 0.15) is 18.4 Å². The molecule has 0 saturated heterocycles. The van der Waals surface area contributed by atoms with Gasteiger partial charge in [-0.15, -0.1) is 0 Å². The number of carboxylic acids is 1. The highest BCUT2D eigenvalue weighted by Crippen LogP contribution is 2.12. The van der Waals surface area contributed by atoms with Gasteiger partial charge in [0.15, 0.2) is 0 Å². The maximum Gasteiger partial charge on any atom is 0.324 e. The van der Waals surface area contributed by atoms with Crippen molar-refractivity contribution in [3.05, 3.63) is 29.8 Å². The molecule has 0 heterocycles. The molecule has 0 spiro atoms. The zero-order valence-electron chi connectivity index (χ0n) is 8.64. The lowest BCUT2D eigenvalue weighted by molar-refractivity contribution is -0.139. The van der Waals surface area contributed by atoms with Crippen molar-refractivity contribution in [1.82, 2.24) is 0 Å². The lowest BCUT2D eigenvalue weighted by atomic mass is 10.2. The van der Waals surface area contributed by atoms with Crippen LogP contribution >= 0.6 is 0 Å². The number of nitrogens with two attached hydrogens (primary N) is 1. The van der Waals surface area contributed by atoms with Crippen molar-refractivity contribution in [2.45, 2.75) is 19.4 Å². The Balaban J connectivity index is 2.47. The molecule has 4 heteroatoms. The predicted molar refractivity (Wildman–Crippen MR) is 56.9 cm³/mol. The van der Waals surface area contributed by atoms with Gasteiger partial charge in [0.25, 0.3) is 0 Å². The molecule has 15 heavy (non-hydrogen) atoms. The standard InChI is InChI=1S/C11H15NO3/c1-2-8-3-5-9(6-4-8)15-7-10(12)11(13)14/h3-6,10H,2,7,12H2,1H3,(H,13,14)/t10-/m0/s1. The highest BCUT2D eigenvalue weighted by Gasteiger charge is 2.11. The lowest BCUT2D eigenvalue weighted by Gasteiger charge is -2.09. The fourth-order valence-electron chi connectivity index (χ4n) is 1.08. The van der Waals surface area contributed by atoms with E-state index < -0.39 is 12.0 Å². The number of hydrogen-bond donors (Lipinski definition) is 2. The third-order valence-electron chi connectivity index (χ3n) is 2.08. The molecule has 0 saturated carbocycles. The van der Waals surface area contributed by atoms with Crippen LogP contribution in [0.15, 0.2) is 24.3 Å². The summed E-state index contributed by atoms with van der Waals surface area (Å²) in [7, 11) is 0. The molecule has 0 radical (unpaired) electrons. The van der Waals surface area contributed by atoms with E-state index in [1.165, 1.54) is 5.56 Å². The maximum absolute atomic E-state index is 10.4. The Morgan fingerprint density at radius 1 is 1.47 bits per heavy atom. The number of carbonyl (C=O) groups is 1. The SMILES string of the molecule is CCc1ccc(OC[C@H](N)C(=O)O)cc1.